The van der Waals surface area contributed by atoms with E-state index in [1.807, 2.05) is 0 Å². The molecule has 0 aromatic heterocycles. The summed E-state index contributed by atoms with van der Waals surface area (Å²) in [4.78, 5) is 0. The Balaban J connectivity index is 2.22. The number of nitrogen functional groups attached to an aromatic ring is 1. The van der Waals surface area contributed by atoms with Crippen molar-refractivity contribution in [3.8, 4) is 17.2 Å². The summed E-state index contributed by atoms with van der Waals surface area (Å²) in [5, 5.41) is 0. The fourth-order valence-electron chi connectivity index (χ4n) is 1.41. The number of nitrogens with two attached hydrogens (primary N) is 1. The van der Waals surface area contributed by atoms with Crippen molar-refractivity contribution in [2.24, 2.45) is 0 Å². The first-order chi connectivity index (χ1) is 8.94. The van der Waals surface area contributed by atoms with Gasteiger partial charge in [0.2, 0.25) is 0 Å². The average Bonchev–Trinajstić information content (AvgIpc) is 2.33. The van der Waals surface area contributed by atoms with Crippen LogP contribution in [0.5, 0.6) is 17.2 Å². The fourth-order valence-corrected chi connectivity index (χ4v) is 1.41. The van der Waals surface area contributed by atoms with Crippen molar-refractivity contribution in [2.45, 2.75) is 6.36 Å². The summed E-state index contributed by atoms with van der Waals surface area (Å²) in [5.74, 6) is -0.0520. The quantitative estimate of drug-likeness (QED) is 0.858. The molecule has 0 fully saturated rings. The highest BCUT2D eigenvalue weighted by atomic mass is 19.4. The third-order valence-corrected chi connectivity index (χ3v) is 2.18. The number of rotatable bonds is 3. The number of hydrogen-bond acceptors (Lipinski definition) is 3. The van der Waals surface area contributed by atoms with Gasteiger partial charge in [0.05, 0.1) is 0 Å². The van der Waals surface area contributed by atoms with E-state index in [4.69, 9.17) is 10.5 Å². The van der Waals surface area contributed by atoms with E-state index in [-0.39, 0.29) is 5.75 Å². The van der Waals surface area contributed by atoms with Gasteiger partial charge in [0.15, 0.2) is 11.5 Å². The van der Waals surface area contributed by atoms with Gasteiger partial charge in [0.1, 0.15) is 5.75 Å². The molecule has 2 N–H and O–H groups in total. The molecule has 0 radical (unpaired) electrons. The molecule has 3 nitrogen and oxygen atoms in total. The molecule has 0 atom stereocenters. The second-order valence-corrected chi connectivity index (χ2v) is 3.67. The molecule has 0 heterocycles. The topological polar surface area (TPSA) is 44.5 Å². The first-order valence-electron chi connectivity index (χ1n) is 5.32. The van der Waals surface area contributed by atoms with Crippen LogP contribution in [0.4, 0.5) is 18.9 Å². The van der Waals surface area contributed by atoms with Crippen LogP contribution in [-0.2, 0) is 0 Å². The van der Waals surface area contributed by atoms with Crippen molar-refractivity contribution in [1.82, 2.24) is 0 Å². The lowest BCUT2D eigenvalue weighted by atomic mass is 10.3. The Morgan fingerprint density at radius 2 is 1.42 bits per heavy atom. The van der Waals surface area contributed by atoms with E-state index in [2.05, 4.69) is 4.74 Å². The second-order valence-electron chi connectivity index (χ2n) is 3.67. The molecule has 100 valence electrons. The van der Waals surface area contributed by atoms with E-state index in [0.717, 1.165) is 0 Å². The molecule has 2 rings (SSSR count). The van der Waals surface area contributed by atoms with Gasteiger partial charge in [-0.05, 0) is 36.4 Å². The van der Waals surface area contributed by atoms with Crippen LogP contribution < -0.4 is 15.2 Å². The summed E-state index contributed by atoms with van der Waals surface area (Å²) in [6, 6.07) is 11.8. The maximum absolute atomic E-state index is 12.2. The van der Waals surface area contributed by atoms with Crippen LogP contribution in [0.1, 0.15) is 0 Å². The zero-order chi connectivity index (χ0) is 13.9. The van der Waals surface area contributed by atoms with Gasteiger partial charge in [-0.15, -0.1) is 13.2 Å². The predicted molar refractivity (Wildman–Crippen MR) is 64.1 cm³/mol. The summed E-state index contributed by atoms with van der Waals surface area (Å²) in [5.41, 5.74) is 6.04. The van der Waals surface area contributed by atoms with Crippen LogP contribution in [0.25, 0.3) is 0 Å². The highest BCUT2D eigenvalue weighted by molar-refractivity contribution is 5.46. The number of para-hydroxylation sites is 2. The average molecular weight is 269 g/mol. The summed E-state index contributed by atoms with van der Waals surface area (Å²) < 4.78 is 45.9. The number of benzene rings is 2. The largest absolute Gasteiger partial charge is 0.573 e. The molecule has 0 unspecified atom stereocenters. The Bertz CT molecular complexity index is 553. The number of alkyl halides is 3. The Hall–Kier alpha value is -2.37. The maximum atomic E-state index is 12.2. The number of hydrogen-bond donors (Lipinski definition) is 1. The van der Waals surface area contributed by atoms with Crippen molar-refractivity contribution >= 4 is 5.69 Å². The molecule has 19 heavy (non-hydrogen) atoms. The minimum absolute atomic E-state index is 0.0235. The monoisotopic (exact) mass is 269 g/mol. The molecule has 0 bridgehead atoms. The third kappa shape index (κ3) is 3.80. The molecule has 6 heteroatoms. The molecule has 2 aromatic rings. The van der Waals surface area contributed by atoms with E-state index >= 15 is 0 Å². The SMILES string of the molecule is Nc1ccc(Oc2ccccc2OC(F)(F)F)cc1. The smallest absolute Gasteiger partial charge is 0.453 e. The summed E-state index contributed by atoms with van der Waals surface area (Å²) in [6.07, 6.45) is -4.76. The molecular weight excluding hydrogens is 259 g/mol. The molecule has 0 saturated carbocycles. The van der Waals surface area contributed by atoms with E-state index in [1.54, 1.807) is 30.3 Å². The molecular formula is C13H10F3NO2. The molecule has 2 aromatic carbocycles. The van der Waals surface area contributed by atoms with E-state index < -0.39 is 12.1 Å². The Morgan fingerprint density at radius 1 is 0.842 bits per heavy atom. The van der Waals surface area contributed by atoms with Gasteiger partial charge >= 0.3 is 6.36 Å². The maximum Gasteiger partial charge on any atom is 0.573 e. The summed E-state index contributed by atoms with van der Waals surface area (Å²) >= 11 is 0. The van der Waals surface area contributed by atoms with Gasteiger partial charge < -0.3 is 15.2 Å². The number of halogens is 3. The van der Waals surface area contributed by atoms with Crippen LogP contribution in [0.2, 0.25) is 0 Å². The van der Waals surface area contributed by atoms with E-state index in [9.17, 15) is 13.2 Å². The molecule has 0 spiro atoms. The van der Waals surface area contributed by atoms with Gasteiger partial charge in [0, 0.05) is 5.69 Å². The van der Waals surface area contributed by atoms with Crippen molar-refractivity contribution < 1.29 is 22.6 Å². The first kappa shape index (κ1) is 13.1. The minimum Gasteiger partial charge on any atom is -0.453 e. The highest BCUT2D eigenvalue weighted by Gasteiger charge is 2.32. The summed E-state index contributed by atoms with van der Waals surface area (Å²) in [7, 11) is 0. The molecule has 0 saturated heterocycles. The van der Waals surface area contributed by atoms with Crippen LogP contribution in [0.15, 0.2) is 48.5 Å². The van der Waals surface area contributed by atoms with Gasteiger partial charge in [0.25, 0.3) is 0 Å². The zero-order valence-corrected chi connectivity index (χ0v) is 9.65. The fraction of sp³-hybridized carbons (Fsp3) is 0.0769. The van der Waals surface area contributed by atoms with Crippen molar-refractivity contribution in [1.29, 1.82) is 0 Å². The first-order valence-corrected chi connectivity index (χ1v) is 5.32. The predicted octanol–water partition coefficient (Wildman–Crippen LogP) is 3.96. The van der Waals surface area contributed by atoms with Crippen LogP contribution in [0.3, 0.4) is 0 Å². The van der Waals surface area contributed by atoms with Gasteiger partial charge in [-0.3, -0.25) is 0 Å². The van der Waals surface area contributed by atoms with Crippen LogP contribution >= 0.6 is 0 Å². The van der Waals surface area contributed by atoms with Gasteiger partial charge in [-0.2, -0.15) is 0 Å². The lowest BCUT2D eigenvalue weighted by Crippen LogP contribution is -2.17. The second kappa shape index (κ2) is 5.09. The Kier molecular flexibility index (Phi) is 3.50. The van der Waals surface area contributed by atoms with Crippen molar-refractivity contribution in [3.05, 3.63) is 48.5 Å². The van der Waals surface area contributed by atoms with Crippen LogP contribution in [0, 0.1) is 0 Å². The zero-order valence-electron chi connectivity index (χ0n) is 9.65. The normalized spacial score (nSPS) is 11.1. The van der Waals surface area contributed by atoms with Crippen molar-refractivity contribution in [3.63, 3.8) is 0 Å². The highest BCUT2D eigenvalue weighted by Crippen LogP contribution is 2.34. The Morgan fingerprint density at radius 3 is 2.00 bits per heavy atom. The lowest BCUT2D eigenvalue weighted by Gasteiger charge is -2.13. The van der Waals surface area contributed by atoms with Crippen molar-refractivity contribution in [2.75, 3.05) is 5.73 Å². The minimum atomic E-state index is -4.76. The summed E-state index contributed by atoms with van der Waals surface area (Å²) in [6.45, 7) is 0. The van der Waals surface area contributed by atoms with E-state index in [0.29, 0.717) is 11.4 Å². The van der Waals surface area contributed by atoms with Crippen LogP contribution in [-0.4, -0.2) is 6.36 Å². The molecule has 0 aliphatic rings. The lowest BCUT2D eigenvalue weighted by molar-refractivity contribution is -0.275. The van der Waals surface area contributed by atoms with Gasteiger partial charge in [-0.25, -0.2) is 0 Å². The Labute approximate surface area is 107 Å². The molecule has 0 aliphatic heterocycles. The third-order valence-electron chi connectivity index (χ3n) is 2.18. The molecule has 0 amide bonds. The number of anilines is 1. The molecule has 0 aliphatic carbocycles. The standard InChI is InChI=1S/C13H10F3NO2/c14-13(15,16)19-12-4-2-1-3-11(12)18-10-7-5-9(17)6-8-10/h1-8H,17H2. The number of ether oxygens (including phenoxy) is 2. The van der Waals surface area contributed by atoms with E-state index in [1.165, 1.54) is 18.2 Å². The van der Waals surface area contributed by atoms with Gasteiger partial charge in [-0.1, -0.05) is 12.1 Å².